The molecule has 0 saturated heterocycles. The van der Waals surface area contributed by atoms with Gasteiger partial charge in [-0.05, 0) is 59.6 Å². The van der Waals surface area contributed by atoms with Gasteiger partial charge in [0, 0.05) is 4.88 Å². The van der Waals surface area contributed by atoms with Gasteiger partial charge in [-0.3, -0.25) is 0 Å². The normalized spacial score (nSPS) is 16.7. The fraction of sp³-hybridized carbons (Fsp3) is 0.200. The van der Waals surface area contributed by atoms with Crippen LogP contribution in [0.2, 0.25) is 0 Å². The highest BCUT2D eigenvalue weighted by molar-refractivity contribution is 7.11. The Morgan fingerprint density at radius 3 is 2.81 bits per heavy atom. The van der Waals surface area contributed by atoms with Gasteiger partial charge in [0.1, 0.15) is 0 Å². The van der Waals surface area contributed by atoms with E-state index >= 15 is 0 Å². The standard InChI is InChI=1S/C15H14S/c1-11-8-9-16-15(11)10-13-7-6-12-4-2-3-5-14(12)13/h2-5,8-10H,6-7H2,1H3. The van der Waals surface area contributed by atoms with Crippen molar-refractivity contribution in [1.29, 1.82) is 0 Å². The molecule has 16 heavy (non-hydrogen) atoms. The molecule has 1 aliphatic carbocycles. The van der Waals surface area contributed by atoms with Crippen LogP contribution < -0.4 is 0 Å². The Labute approximate surface area is 100 Å². The largest absolute Gasteiger partial charge is 0.144 e. The van der Waals surface area contributed by atoms with Crippen molar-refractivity contribution in [3.8, 4) is 0 Å². The van der Waals surface area contributed by atoms with Gasteiger partial charge in [-0.15, -0.1) is 11.3 Å². The fourth-order valence-electron chi connectivity index (χ4n) is 2.30. The van der Waals surface area contributed by atoms with E-state index in [9.17, 15) is 0 Å². The zero-order chi connectivity index (χ0) is 11.0. The van der Waals surface area contributed by atoms with Crippen molar-refractivity contribution < 1.29 is 0 Å². The van der Waals surface area contributed by atoms with Crippen LogP contribution in [0.5, 0.6) is 0 Å². The molecule has 1 heteroatoms. The molecule has 0 unspecified atom stereocenters. The van der Waals surface area contributed by atoms with Gasteiger partial charge in [-0.2, -0.15) is 0 Å². The van der Waals surface area contributed by atoms with Crippen LogP contribution in [0.3, 0.4) is 0 Å². The minimum Gasteiger partial charge on any atom is -0.144 e. The van der Waals surface area contributed by atoms with E-state index in [1.54, 1.807) is 0 Å². The Kier molecular flexibility index (Phi) is 2.41. The lowest BCUT2D eigenvalue weighted by atomic mass is 10.1. The molecule has 0 radical (unpaired) electrons. The average molecular weight is 226 g/mol. The topological polar surface area (TPSA) is 0 Å². The van der Waals surface area contributed by atoms with Crippen LogP contribution in [0, 0.1) is 6.92 Å². The van der Waals surface area contributed by atoms with Crippen LogP contribution >= 0.6 is 11.3 Å². The Hall–Kier alpha value is -1.34. The summed E-state index contributed by atoms with van der Waals surface area (Å²) in [5.41, 5.74) is 5.85. The zero-order valence-corrected chi connectivity index (χ0v) is 10.2. The zero-order valence-electron chi connectivity index (χ0n) is 9.36. The molecule has 1 heterocycles. The van der Waals surface area contributed by atoms with Crippen LogP contribution in [0.15, 0.2) is 35.7 Å². The second-order valence-electron chi connectivity index (χ2n) is 4.29. The number of allylic oxidation sites excluding steroid dienone is 1. The molecule has 0 amide bonds. The molecule has 0 saturated carbocycles. The molecule has 2 aromatic rings. The first-order valence-corrected chi connectivity index (χ1v) is 6.55. The smallest absolute Gasteiger partial charge is 0.0302 e. The minimum atomic E-state index is 1.19. The first kappa shape index (κ1) is 9.86. The van der Waals surface area contributed by atoms with E-state index in [4.69, 9.17) is 0 Å². The summed E-state index contributed by atoms with van der Waals surface area (Å²) in [6, 6.07) is 11.0. The van der Waals surface area contributed by atoms with Gasteiger partial charge in [0.05, 0.1) is 0 Å². The van der Waals surface area contributed by atoms with E-state index in [0.717, 1.165) is 0 Å². The number of aryl methyl sites for hydroxylation is 2. The SMILES string of the molecule is Cc1ccsc1C=C1CCc2ccccc21. The number of fused-ring (bicyclic) bond motifs is 1. The van der Waals surface area contributed by atoms with Crippen LogP contribution in [0.1, 0.15) is 28.0 Å². The van der Waals surface area contributed by atoms with Crippen LogP contribution in [-0.2, 0) is 6.42 Å². The lowest BCUT2D eigenvalue weighted by Crippen LogP contribution is -1.79. The second-order valence-corrected chi connectivity index (χ2v) is 5.24. The van der Waals surface area contributed by atoms with Gasteiger partial charge < -0.3 is 0 Å². The Balaban J connectivity index is 2.05. The summed E-state index contributed by atoms with van der Waals surface area (Å²) in [7, 11) is 0. The van der Waals surface area contributed by atoms with Crippen molar-refractivity contribution in [3.63, 3.8) is 0 Å². The average Bonchev–Trinajstić information content (AvgIpc) is 2.88. The Morgan fingerprint density at radius 2 is 2.00 bits per heavy atom. The van der Waals surface area contributed by atoms with E-state index in [0.29, 0.717) is 0 Å². The van der Waals surface area contributed by atoms with Crippen molar-refractivity contribution in [2.45, 2.75) is 19.8 Å². The highest BCUT2D eigenvalue weighted by Gasteiger charge is 2.15. The van der Waals surface area contributed by atoms with Crippen LogP contribution in [0.4, 0.5) is 0 Å². The molecule has 1 aliphatic rings. The predicted octanol–water partition coefficient (Wildman–Crippen LogP) is 4.54. The molecule has 0 bridgehead atoms. The number of rotatable bonds is 1. The maximum absolute atomic E-state index is 2.37. The van der Waals surface area contributed by atoms with Crippen molar-refractivity contribution in [1.82, 2.24) is 0 Å². The molecule has 80 valence electrons. The summed E-state index contributed by atoms with van der Waals surface area (Å²) in [5.74, 6) is 0. The summed E-state index contributed by atoms with van der Waals surface area (Å²) in [4.78, 5) is 1.41. The van der Waals surface area contributed by atoms with Gasteiger partial charge in [0.15, 0.2) is 0 Å². The molecule has 0 atom stereocenters. The Bertz CT molecular complexity index is 546. The third-order valence-electron chi connectivity index (χ3n) is 3.23. The minimum absolute atomic E-state index is 1.19. The maximum atomic E-state index is 2.37. The van der Waals surface area contributed by atoms with E-state index in [2.05, 4.69) is 48.7 Å². The van der Waals surface area contributed by atoms with E-state index in [1.807, 2.05) is 11.3 Å². The molecule has 0 N–H and O–H groups in total. The summed E-state index contributed by atoms with van der Waals surface area (Å²) < 4.78 is 0. The molecule has 1 aromatic carbocycles. The molecule has 3 rings (SSSR count). The van der Waals surface area contributed by atoms with Crippen molar-refractivity contribution in [2.75, 3.05) is 0 Å². The fourth-order valence-corrected chi connectivity index (χ4v) is 3.18. The lowest BCUT2D eigenvalue weighted by Gasteiger charge is -2.00. The number of hydrogen-bond donors (Lipinski definition) is 0. The molecule has 1 aromatic heterocycles. The van der Waals surface area contributed by atoms with Crippen LogP contribution in [0.25, 0.3) is 11.6 Å². The Morgan fingerprint density at radius 1 is 1.12 bits per heavy atom. The van der Waals surface area contributed by atoms with Crippen LogP contribution in [-0.4, -0.2) is 0 Å². The summed E-state index contributed by atoms with van der Waals surface area (Å²) in [5, 5.41) is 2.17. The highest BCUT2D eigenvalue weighted by Crippen LogP contribution is 2.34. The van der Waals surface area contributed by atoms with Gasteiger partial charge in [-0.25, -0.2) is 0 Å². The molecule has 0 spiro atoms. The monoisotopic (exact) mass is 226 g/mol. The number of benzene rings is 1. The van der Waals surface area contributed by atoms with Crippen molar-refractivity contribution in [3.05, 3.63) is 57.3 Å². The van der Waals surface area contributed by atoms with Crippen molar-refractivity contribution in [2.24, 2.45) is 0 Å². The van der Waals surface area contributed by atoms with E-state index in [-0.39, 0.29) is 0 Å². The van der Waals surface area contributed by atoms with Gasteiger partial charge >= 0.3 is 0 Å². The molecular weight excluding hydrogens is 212 g/mol. The quantitative estimate of drug-likeness (QED) is 0.669. The van der Waals surface area contributed by atoms with E-state index < -0.39 is 0 Å². The molecule has 0 nitrogen and oxygen atoms in total. The highest BCUT2D eigenvalue weighted by atomic mass is 32.1. The first-order valence-electron chi connectivity index (χ1n) is 5.67. The van der Waals surface area contributed by atoms with E-state index in [1.165, 1.54) is 40.0 Å². The lowest BCUT2D eigenvalue weighted by molar-refractivity contribution is 1.08. The third-order valence-corrected chi connectivity index (χ3v) is 4.20. The first-order chi connectivity index (χ1) is 7.84. The number of hydrogen-bond acceptors (Lipinski definition) is 1. The maximum Gasteiger partial charge on any atom is 0.0302 e. The van der Waals surface area contributed by atoms with Gasteiger partial charge in [0.25, 0.3) is 0 Å². The second kappa shape index (κ2) is 3.91. The molecule has 0 aliphatic heterocycles. The summed E-state index contributed by atoms with van der Waals surface area (Å²) in [6.07, 6.45) is 4.76. The third kappa shape index (κ3) is 1.61. The summed E-state index contributed by atoms with van der Waals surface area (Å²) >= 11 is 1.83. The summed E-state index contributed by atoms with van der Waals surface area (Å²) in [6.45, 7) is 2.18. The van der Waals surface area contributed by atoms with Crippen molar-refractivity contribution >= 4 is 23.0 Å². The molecule has 0 fully saturated rings. The van der Waals surface area contributed by atoms with Gasteiger partial charge in [0.2, 0.25) is 0 Å². The number of thiophene rings is 1. The predicted molar refractivity (Wildman–Crippen MR) is 71.7 cm³/mol. The van der Waals surface area contributed by atoms with Gasteiger partial charge in [-0.1, -0.05) is 24.3 Å². The molecular formula is C15H14S.